The number of rotatable bonds is 0. The zero-order chi connectivity index (χ0) is 14.0. The zero-order valence-corrected chi connectivity index (χ0v) is 12.1. The van der Waals surface area contributed by atoms with Crippen LogP contribution in [0, 0.1) is 5.92 Å². The predicted molar refractivity (Wildman–Crippen MR) is 76.2 cm³/mol. The molecule has 1 amide bonds. The van der Waals surface area contributed by atoms with Gasteiger partial charge in [-0.2, -0.15) is 0 Å². The summed E-state index contributed by atoms with van der Waals surface area (Å²) in [4.78, 5) is 14.7. The molecule has 3 heterocycles. The fourth-order valence-electron chi connectivity index (χ4n) is 5.05. The van der Waals surface area contributed by atoms with Crippen molar-refractivity contribution >= 4 is 5.91 Å². The van der Waals surface area contributed by atoms with E-state index in [1.165, 1.54) is 30.4 Å². The third-order valence-electron chi connectivity index (χ3n) is 5.91. The highest BCUT2D eigenvalue weighted by atomic mass is 16.7. The van der Waals surface area contributed by atoms with Crippen molar-refractivity contribution in [2.24, 2.45) is 5.92 Å². The summed E-state index contributed by atoms with van der Waals surface area (Å²) < 4.78 is 11.1. The molecule has 5 rings (SSSR count). The first-order valence-corrected chi connectivity index (χ1v) is 8.02. The van der Waals surface area contributed by atoms with E-state index in [0.29, 0.717) is 18.6 Å². The van der Waals surface area contributed by atoms with Crippen molar-refractivity contribution in [3.63, 3.8) is 0 Å². The number of benzene rings is 1. The molecule has 2 atom stereocenters. The molecule has 21 heavy (non-hydrogen) atoms. The zero-order valence-electron chi connectivity index (χ0n) is 12.1. The number of hydrogen-bond donors (Lipinski definition) is 0. The van der Waals surface area contributed by atoms with Crippen molar-refractivity contribution in [3.8, 4) is 11.5 Å². The fourth-order valence-corrected chi connectivity index (χ4v) is 5.05. The van der Waals surface area contributed by atoms with Crippen molar-refractivity contribution in [1.29, 1.82) is 0 Å². The molecule has 3 aliphatic heterocycles. The van der Waals surface area contributed by atoms with Gasteiger partial charge in [-0.05, 0) is 48.4 Å². The van der Waals surface area contributed by atoms with E-state index in [1.54, 1.807) is 0 Å². The van der Waals surface area contributed by atoms with Crippen molar-refractivity contribution in [1.82, 2.24) is 4.90 Å². The monoisotopic (exact) mass is 285 g/mol. The molecule has 0 radical (unpaired) electrons. The summed E-state index contributed by atoms with van der Waals surface area (Å²) in [7, 11) is 0. The maximum Gasteiger partial charge on any atom is 0.231 e. The number of fused-ring (bicyclic) bond motifs is 2. The average molecular weight is 285 g/mol. The molecular formula is C17H19NO3. The van der Waals surface area contributed by atoms with Crippen LogP contribution in [0.1, 0.15) is 43.2 Å². The Balaban J connectivity index is 1.73. The Morgan fingerprint density at radius 1 is 1.19 bits per heavy atom. The summed E-state index contributed by atoms with van der Waals surface area (Å²) in [5.74, 6) is 2.56. The molecule has 4 aliphatic rings. The van der Waals surface area contributed by atoms with E-state index in [-0.39, 0.29) is 5.54 Å². The summed E-state index contributed by atoms with van der Waals surface area (Å²) in [5.41, 5.74) is 2.65. The van der Waals surface area contributed by atoms with Gasteiger partial charge in [-0.15, -0.1) is 0 Å². The van der Waals surface area contributed by atoms with Gasteiger partial charge in [0.15, 0.2) is 11.5 Å². The van der Waals surface area contributed by atoms with Crippen LogP contribution in [0.15, 0.2) is 12.1 Å². The normalized spacial score (nSPS) is 32.7. The second-order valence-electron chi connectivity index (χ2n) is 6.73. The molecular weight excluding hydrogens is 266 g/mol. The number of nitrogens with zero attached hydrogens (tertiary/aromatic N) is 1. The molecule has 1 saturated heterocycles. The molecule has 4 heteroatoms. The minimum absolute atomic E-state index is 0.0517. The maximum absolute atomic E-state index is 12.5. The number of amides is 1. The van der Waals surface area contributed by atoms with E-state index >= 15 is 0 Å². The van der Waals surface area contributed by atoms with Crippen LogP contribution in [0.2, 0.25) is 0 Å². The lowest BCUT2D eigenvalue weighted by Crippen LogP contribution is -2.52. The Kier molecular flexibility index (Phi) is 2.23. The summed E-state index contributed by atoms with van der Waals surface area (Å²) in [5, 5.41) is 0. The van der Waals surface area contributed by atoms with Crippen molar-refractivity contribution in [2.75, 3.05) is 13.3 Å². The number of hydrogen-bond acceptors (Lipinski definition) is 3. The molecule has 1 aromatic rings. The van der Waals surface area contributed by atoms with Gasteiger partial charge in [0.1, 0.15) is 0 Å². The van der Waals surface area contributed by atoms with Crippen molar-refractivity contribution in [3.05, 3.63) is 23.3 Å². The van der Waals surface area contributed by atoms with E-state index in [0.717, 1.165) is 37.3 Å². The van der Waals surface area contributed by atoms with Crippen molar-refractivity contribution in [2.45, 2.75) is 44.1 Å². The maximum atomic E-state index is 12.5. The van der Waals surface area contributed by atoms with Gasteiger partial charge in [0.25, 0.3) is 0 Å². The van der Waals surface area contributed by atoms with Gasteiger partial charge < -0.3 is 14.4 Å². The van der Waals surface area contributed by atoms with Crippen LogP contribution in [-0.4, -0.2) is 24.1 Å². The van der Waals surface area contributed by atoms with Gasteiger partial charge in [0.05, 0.1) is 5.54 Å². The lowest BCUT2D eigenvalue weighted by Gasteiger charge is -2.49. The minimum atomic E-state index is -0.0517. The van der Waals surface area contributed by atoms with Gasteiger partial charge in [-0.25, -0.2) is 0 Å². The first-order valence-electron chi connectivity index (χ1n) is 8.02. The Morgan fingerprint density at radius 3 is 2.95 bits per heavy atom. The van der Waals surface area contributed by atoms with Gasteiger partial charge in [0, 0.05) is 13.0 Å². The van der Waals surface area contributed by atoms with Crippen LogP contribution in [0.3, 0.4) is 0 Å². The van der Waals surface area contributed by atoms with Gasteiger partial charge in [-0.1, -0.05) is 12.8 Å². The Bertz CT molecular complexity index is 641. The fraction of sp³-hybridized carbons (Fsp3) is 0.588. The predicted octanol–water partition coefficient (Wildman–Crippen LogP) is 2.59. The molecule has 1 aromatic carbocycles. The summed E-state index contributed by atoms with van der Waals surface area (Å²) in [6, 6.07) is 4.32. The van der Waals surface area contributed by atoms with Crippen LogP contribution >= 0.6 is 0 Å². The third kappa shape index (κ3) is 1.38. The van der Waals surface area contributed by atoms with E-state index in [1.807, 2.05) is 0 Å². The van der Waals surface area contributed by atoms with Crippen LogP contribution < -0.4 is 9.47 Å². The quantitative estimate of drug-likeness (QED) is 0.735. The highest BCUT2D eigenvalue weighted by molar-refractivity contribution is 5.81. The topological polar surface area (TPSA) is 38.8 Å². The summed E-state index contributed by atoms with van der Waals surface area (Å²) >= 11 is 0. The molecule has 4 nitrogen and oxygen atoms in total. The lowest BCUT2D eigenvalue weighted by molar-refractivity contribution is -0.132. The van der Waals surface area contributed by atoms with E-state index in [2.05, 4.69) is 17.0 Å². The number of carbonyl (C=O) groups excluding carboxylic acids is 1. The van der Waals surface area contributed by atoms with Gasteiger partial charge in [-0.3, -0.25) is 4.79 Å². The first-order chi connectivity index (χ1) is 10.3. The third-order valence-corrected chi connectivity index (χ3v) is 5.91. The van der Waals surface area contributed by atoms with E-state index < -0.39 is 0 Å². The molecule has 0 bridgehead atoms. The van der Waals surface area contributed by atoms with Crippen molar-refractivity contribution < 1.29 is 14.3 Å². The SMILES string of the molecule is O=C1C[C@H]2CCCC[C@@]23c2cc4c(cc2CCN13)OCO4. The van der Waals surface area contributed by atoms with Gasteiger partial charge >= 0.3 is 0 Å². The second-order valence-corrected chi connectivity index (χ2v) is 6.73. The summed E-state index contributed by atoms with van der Waals surface area (Å²) in [6.45, 7) is 1.18. The molecule has 1 spiro atoms. The molecule has 2 fully saturated rings. The van der Waals surface area contributed by atoms with Gasteiger partial charge in [0.2, 0.25) is 12.7 Å². The molecule has 110 valence electrons. The Labute approximate surface area is 124 Å². The highest BCUT2D eigenvalue weighted by Gasteiger charge is 2.56. The number of ether oxygens (including phenoxy) is 2. The summed E-state index contributed by atoms with van der Waals surface area (Å²) in [6.07, 6.45) is 6.42. The van der Waals surface area contributed by atoms with Crippen LogP contribution in [0.25, 0.3) is 0 Å². The molecule has 0 aromatic heterocycles. The molecule has 0 N–H and O–H groups in total. The molecule has 1 aliphatic carbocycles. The highest BCUT2D eigenvalue weighted by Crippen LogP contribution is 2.56. The van der Waals surface area contributed by atoms with Crippen LogP contribution in [0.4, 0.5) is 0 Å². The van der Waals surface area contributed by atoms with Crippen LogP contribution in [-0.2, 0) is 16.8 Å². The average Bonchev–Trinajstić information content (AvgIpc) is 3.06. The smallest absolute Gasteiger partial charge is 0.231 e. The molecule has 0 unspecified atom stereocenters. The number of carbonyl (C=O) groups is 1. The van der Waals surface area contributed by atoms with E-state index in [9.17, 15) is 4.79 Å². The Morgan fingerprint density at radius 2 is 2.05 bits per heavy atom. The molecule has 1 saturated carbocycles. The minimum Gasteiger partial charge on any atom is -0.454 e. The first kappa shape index (κ1) is 11.9. The van der Waals surface area contributed by atoms with Crippen LogP contribution in [0.5, 0.6) is 11.5 Å². The second kappa shape index (κ2) is 3.93. The standard InChI is InChI=1S/C17H19NO3/c19-16-8-12-3-1-2-5-17(12)13-9-15-14(20-10-21-15)7-11(13)4-6-18(16)17/h7,9,12H,1-6,8,10H2/t12-,17+/m1/s1. The largest absolute Gasteiger partial charge is 0.454 e. The lowest BCUT2D eigenvalue weighted by atomic mass is 9.66. The Hall–Kier alpha value is -1.71. The van der Waals surface area contributed by atoms with E-state index in [4.69, 9.17) is 9.47 Å².